The average molecular weight is 271 g/mol. The number of rotatable bonds is 4. The van der Waals surface area contributed by atoms with Crippen molar-refractivity contribution < 1.29 is 0 Å². The van der Waals surface area contributed by atoms with Gasteiger partial charge in [0.05, 0.1) is 4.34 Å². The van der Waals surface area contributed by atoms with Crippen molar-refractivity contribution >= 4 is 22.9 Å². The zero-order valence-electron chi connectivity index (χ0n) is 9.99. The topological polar surface area (TPSA) is 15.3 Å². The molecule has 2 heterocycles. The molecule has 1 saturated carbocycles. The fourth-order valence-corrected chi connectivity index (χ4v) is 3.82. The van der Waals surface area contributed by atoms with Gasteiger partial charge in [0.1, 0.15) is 0 Å². The number of thiophene rings is 1. The molecule has 1 aromatic rings. The minimum atomic E-state index is 0.613. The number of nitrogens with zero attached hydrogens (tertiary/aromatic N) is 1. The first kappa shape index (κ1) is 12.0. The fraction of sp³-hybridized carbons (Fsp3) is 0.692. The lowest BCUT2D eigenvalue weighted by Crippen LogP contribution is -2.45. The van der Waals surface area contributed by atoms with E-state index in [1.165, 1.54) is 37.2 Å². The van der Waals surface area contributed by atoms with Gasteiger partial charge < -0.3 is 5.32 Å². The molecule has 1 atom stereocenters. The van der Waals surface area contributed by atoms with Crippen molar-refractivity contribution in [2.75, 3.05) is 26.2 Å². The number of piperazine rings is 1. The Morgan fingerprint density at radius 3 is 2.71 bits per heavy atom. The molecule has 0 radical (unpaired) electrons. The predicted molar refractivity (Wildman–Crippen MR) is 73.9 cm³/mol. The van der Waals surface area contributed by atoms with Crippen LogP contribution in [-0.4, -0.2) is 31.1 Å². The largest absolute Gasteiger partial charge is 0.314 e. The number of nitrogens with one attached hydrogen (secondary N) is 1. The van der Waals surface area contributed by atoms with Gasteiger partial charge in [0.25, 0.3) is 0 Å². The van der Waals surface area contributed by atoms with Crippen LogP contribution in [0.15, 0.2) is 12.1 Å². The molecule has 0 amide bonds. The summed E-state index contributed by atoms with van der Waals surface area (Å²) in [5.74, 6) is 0.968. The van der Waals surface area contributed by atoms with Gasteiger partial charge in [0.15, 0.2) is 0 Å². The van der Waals surface area contributed by atoms with Crippen LogP contribution in [0.3, 0.4) is 0 Å². The number of hydrogen-bond acceptors (Lipinski definition) is 3. The summed E-state index contributed by atoms with van der Waals surface area (Å²) in [7, 11) is 0. The van der Waals surface area contributed by atoms with Gasteiger partial charge in [0, 0.05) is 37.1 Å². The third kappa shape index (κ3) is 3.02. The van der Waals surface area contributed by atoms with Gasteiger partial charge in [0.2, 0.25) is 0 Å². The van der Waals surface area contributed by atoms with Gasteiger partial charge in [-0.15, -0.1) is 11.3 Å². The lowest BCUT2D eigenvalue weighted by atomic mass is 10.1. The monoisotopic (exact) mass is 270 g/mol. The molecule has 4 heteroatoms. The van der Waals surface area contributed by atoms with Crippen molar-refractivity contribution in [3.8, 4) is 0 Å². The second-order valence-electron chi connectivity index (χ2n) is 5.12. The number of hydrogen-bond donors (Lipinski definition) is 1. The van der Waals surface area contributed by atoms with E-state index in [1.807, 2.05) is 6.07 Å². The van der Waals surface area contributed by atoms with E-state index in [2.05, 4.69) is 16.3 Å². The summed E-state index contributed by atoms with van der Waals surface area (Å²) in [5, 5.41) is 3.43. The lowest BCUT2D eigenvalue weighted by molar-refractivity contribution is 0.163. The van der Waals surface area contributed by atoms with Crippen molar-refractivity contribution in [3.05, 3.63) is 21.3 Å². The molecule has 1 aliphatic carbocycles. The Hall–Kier alpha value is -0.0900. The van der Waals surface area contributed by atoms with Gasteiger partial charge in [-0.1, -0.05) is 24.4 Å². The zero-order chi connectivity index (χ0) is 11.7. The minimum absolute atomic E-state index is 0.613. The molecule has 1 aromatic heterocycles. The van der Waals surface area contributed by atoms with Gasteiger partial charge in [-0.05, 0) is 24.5 Å². The van der Waals surface area contributed by atoms with Gasteiger partial charge in [-0.3, -0.25) is 4.90 Å². The van der Waals surface area contributed by atoms with E-state index in [4.69, 9.17) is 11.6 Å². The normalized spacial score (nSPS) is 23.8. The standard InChI is InChI=1S/C13H19ClN2S/c14-13-4-3-12(17-13)11(9-10-1-2-10)16-7-5-15-6-8-16/h3-4,10-11,15H,1-2,5-9H2/t11-/m1/s1. The highest BCUT2D eigenvalue weighted by molar-refractivity contribution is 7.16. The predicted octanol–water partition coefficient (Wildman–Crippen LogP) is 3.15. The summed E-state index contributed by atoms with van der Waals surface area (Å²) >= 11 is 7.85. The summed E-state index contributed by atoms with van der Waals surface area (Å²) in [6, 6.07) is 4.88. The van der Waals surface area contributed by atoms with Crippen LogP contribution in [0.25, 0.3) is 0 Å². The third-order valence-corrected chi connectivity index (χ3v) is 5.10. The van der Waals surface area contributed by atoms with E-state index in [1.54, 1.807) is 11.3 Å². The average Bonchev–Trinajstić information content (AvgIpc) is 3.08. The van der Waals surface area contributed by atoms with Gasteiger partial charge in [-0.2, -0.15) is 0 Å². The Morgan fingerprint density at radius 2 is 2.12 bits per heavy atom. The first-order valence-electron chi connectivity index (χ1n) is 6.53. The molecule has 0 unspecified atom stereocenters. The molecule has 1 saturated heterocycles. The zero-order valence-corrected chi connectivity index (χ0v) is 11.6. The first-order valence-corrected chi connectivity index (χ1v) is 7.72. The summed E-state index contributed by atoms with van der Waals surface area (Å²) < 4.78 is 0.927. The van der Waals surface area contributed by atoms with E-state index < -0.39 is 0 Å². The lowest BCUT2D eigenvalue weighted by Gasteiger charge is -2.34. The van der Waals surface area contributed by atoms with Crippen molar-refractivity contribution in [3.63, 3.8) is 0 Å². The molecular formula is C13H19ClN2S. The highest BCUT2D eigenvalue weighted by Gasteiger charge is 2.31. The Kier molecular flexibility index (Phi) is 3.71. The van der Waals surface area contributed by atoms with Crippen LogP contribution in [-0.2, 0) is 0 Å². The molecule has 0 bridgehead atoms. The SMILES string of the molecule is Clc1ccc([C@@H](CC2CC2)N2CCNCC2)s1. The fourth-order valence-electron chi connectivity index (χ4n) is 2.62. The molecule has 2 fully saturated rings. The maximum Gasteiger partial charge on any atom is 0.0931 e. The second-order valence-corrected chi connectivity index (χ2v) is 6.87. The van der Waals surface area contributed by atoms with Crippen LogP contribution in [0.5, 0.6) is 0 Å². The van der Waals surface area contributed by atoms with Crippen LogP contribution in [0.2, 0.25) is 4.34 Å². The molecule has 17 heavy (non-hydrogen) atoms. The minimum Gasteiger partial charge on any atom is -0.314 e. The summed E-state index contributed by atoms with van der Waals surface area (Å²) in [6.45, 7) is 4.60. The molecule has 1 aliphatic heterocycles. The van der Waals surface area contributed by atoms with E-state index in [0.717, 1.165) is 23.3 Å². The molecule has 2 aliphatic rings. The summed E-state index contributed by atoms with van der Waals surface area (Å²) in [4.78, 5) is 4.10. The van der Waals surface area contributed by atoms with E-state index >= 15 is 0 Å². The van der Waals surface area contributed by atoms with Crippen LogP contribution in [0.1, 0.15) is 30.2 Å². The smallest absolute Gasteiger partial charge is 0.0931 e. The van der Waals surface area contributed by atoms with Gasteiger partial charge in [-0.25, -0.2) is 0 Å². The first-order chi connectivity index (χ1) is 8.33. The van der Waals surface area contributed by atoms with Crippen molar-refractivity contribution in [2.24, 2.45) is 5.92 Å². The maximum atomic E-state index is 6.08. The molecule has 1 N–H and O–H groups in total. The summed E-state index contributed by atoms with van der Waals surface area (Å²) in [6.07, 6.45) is 4.19. The van der Waals surface area contributed by atoms with Crippen molar-refractivity contribution in [2.45, 2.75) is 25.3 Å². The van der Waals surface area contributed by atoms with Crippen LogP contribution in [0, 0.1) is 5.92 Å². The van der Waals surface area contributed by atoms with Crippen molar-refractivity contribution in [1.29, 1.82) is 0 Å². The molecule has 2 nitrogen and oxygen atoms in total. The van der Waals surface area contributed by atoms with Gasteiger partial charge >= 0.3 is 0 Å². The Balaban J connectivity index is 1.74. The quantitative estimate of drug-likeness (QED) is 0.904. The van der Waals surface area contributed by atoms with Crippen molar-refractivity contribution in [1.82, 2.24) is 10.2 Å². The third-order valence-electron chi connectivity index (χ3n) is 3.77. The Morgan fingerprint density at radius 1 is 1.35 bits per heavy atom. The van der Waals surface area contributed by atoms with E-state index in [0.29, 0.717) is 6.04 Å². The highest BCUT2D eigenvalue weighted by atomic mass is 35.5. The summed E-state index contributed by atoms with van der Waals surface area (Å²) in [5.41, 5.74) is 0. The molecule has 0 aromatic carbocycles. The molecular weight excluding hydrogens is 252 g/mol. The second kappa shape index (κ2) is 5.27. The highest BCUT2D eigenvalue weighted by Crippen LogP contribution is 2.42. The van der Waals surface area contributed by atoms with Crippen LogP contribution < -0.4 is 5.32 Å². The Labute approximate surface area is 112 Å². The number of halogens is 1. The molecule has 94 valence electrons. The van der Waals surface area contributed by atoms with E-state index in [-0.39, 0.29) is 0 Å². The van der Waals surface area contributed by atoms with E-state index in [9.17, 15) is 0 Å². The molecule has 3 rings (SSSR count). The molecule has 0 spiro atoms. The van der Waals surface area contributed by atoms with Crippen LogP contribution in [0.4, 0.5) is 0 Å². The Bertz CT molecular complexity index is 369. The maximum absolute atomic E-state index is 6.08. The van der Waals surface area contributed by atoms with Crippen LogP contribution >= 0.6 is 22.9 Å².